The van der Waals surface area contributed by atoms with Crippen LogP contribution in [0.3, 0.4) is 0 Å². The molecule has 3 N–H and O–H groups in total. The summed E-state index contributed by atoms with van der Waals surface area (Å²) in [6, 6.07) is 21.2. The number of nitrogens with two attached hydrogens (primary N) is 1. The maximum absolute atomic E-state index is 5.61. The van der Waals surface area contributed by atoms with Crippen molar-refractivity contribution in [3.8, 4) is 11.1 Å². The van der Waals surface area contributed by atoms with E-state index in [1.54, 1.807) is 6.20 Å². The number of pyridine rings is 1. The number of hydrogen-bond donors (Lipinski definition) is 2. The number of nitrogen functional groups attached to an aromatic ring is 1. The normalized spacial score (nSPS) is 13.7. The summed E-state index contributed by atoms with van der Waals surface area (Å²) in [5, 5.41) is 0. The average molecular weight is 333 g/mol. The number of nitrogens with one attached hydrogen (secondary N) is 1. The Morgan fingerprint density at radius 3 is 2.50 bits per heavy atom. The summed E-state index contributed by atoms with van der Waals surface area (Å²) >= 11 is 1.53. The summed E-state index contributed by atoms with van der Waals surface area (Å²) in [6.45, 7) is 0. The molecule has 0 saturated heterocycles. The molecule has 4 rings (SSSR count). The molecule has 0 spiro atoms. The number of rotatable bonds is 5. The van der Waals surface area contributed by atoms with Crippen LogP contribution in [-0.2, 0) is 0 Å². The summed E-state index contributed by atoms with van der Waals surface area (Å²) in [5.74, 6) is 1.34. The molecule has 2 aromatic carbocycles. The molecule has 1 aromatic heterocycles. The van der Waals surface area contributed by atoms with Gasteiger partial charge in [0.2, 0.25) is 0 Å². The lowest BCUT2D eigenvalue weighted by Gasteiger charge is -2.08. The molecule has 1 saturated carbocycles. The van der Waals surface area contributed by atoms with Crippen LogP contribution in [0.2, 0.25) is 0 Å². The minimum absolute atomic E-state index is 0.538. The lowest BCUT2D eigenvalue weighted by molar-refractivity contribution is 1.13. The topological polar surface area (TPSA) is 50.9 Å². The second-order valence-electron chi connectivity index (χ2n) is 6.10. The van der Waals surface area contributed by atoms with Crippen LogP contribution in [0.15, 0.2) is 71.8 Å². The maximum atomic E-state index is 5.61. The summed E-state index contributed by atoms with van der Waals surface area (Å²) in [4.78, 5) is 5.13. The van der Waals surface area contributed by atoms with E-state index in [2.05, 4.69) is 58.2 Å². The molecule has 0 unspecified atom stereocenters. The zero-order valence-corrected chi connectivity index (χ0v) is 14.1. The zero-order chi connectivity index (χ0) is 16.4. The third kappa shape index (κ3) is 3.54. The zero-order valence-electron chi connectivity index (χ0n) is 13.3. The van der Waals surface area contributed by atoms with Gasteiger partial charge in [-0.15, -0.1) is 0 Å². The third-order valence-corrected chi connectivity index (χ3v) is 5.02. The van der Waals surface area contributed by atoms with E-state index in [1.165, 1.54) is 41.5 Å². The van der Waals surface area contributed by atoms with Gasteiger partial charge in [-0.3, -0.25) is 0 Å². The Morgan fingerprint density at radius 2 is 1.79 bits per heavy atom. The largest absolute Gasteiger partial charge is 0.384 e. The van der Waals surface area contributed by atoms with Crippen molar-refractivity contribution in [2.24, 2.45) is 0 Å². The van der Waals surface area contributed by atoms with Gasteiger partial charge in [0, 0.05) is 16.8 Å². The molecule has 120 valence electrons. The summed E-state index contributed by atoms with van der Waals surface area (Å²) in [7, 11) is 0. The van der Waals surface area contributed by atoms with Gasteiger partial charge in [0.15, 0.2) is 0 Å². The van der Waals surface area contributed by atoms with Crippen molar-refractivity contribution in [1.82, 2.24) is 4.98 Å². The van der Waals surface area contributed by atoms with Crippen LogP contribution in [0.1, 0.15) is 24.3 Å². The van der Waals surface area contributed by atoms with Gasteiger partial charge >= 0.3 is 0 Å². The second kappa shape index (κ2) is 6.57. The first-order valence-electron chi connectivity index (χ1n) is 8.13. The van der Waals surface area contributed by atoms with Crippen LogP contribution in [0.25, 0.3) is 11.1 Å². The molecule has 0 radical (unpaired) electrons. The Bertz CT molecular complexity index is 824. The summed E-state index contributed by atoms with van der Waals surface area (Å²) in [6.07, 6.45) is 4.46. The molecule has 1 aliphatic rings. The highest BCUT2D eigenvalue weighted by Crippen LogP contribution is 2.40. The summed E-state index contributed by atoms with van der Waals surface area (Å²) < 4.78 is 3.37. The Balaban J connectivity index is 1.47. The first kappa shape index (κ1) is 15.1. The van der Waals surface area contributed by atoms with Gasteiger partial charge in [-0.2, -0.15) is 0 Å². The van der Waals surface area contributed by atoms with Gasteiger partial charge in [-0.25, -0.2) is 4.98 Å². The smallest absolute Gasteiger partial charge is 0.123 e. The van der Waals surface area contributed by atoms with E-state index in [9.17, 15) is 0 Å². The number of anilines is 2. The predicted octanol–water partition coefficient (Wildman–Crippen LogP) is 5.33. The van der Waals surface area contributed by atoms with E-state index in [1.807, 2.05) is 12.1 Å². The molecule has 3 nitrogen and oxygen atoms in total. The Labute approximate surface area is 146 Å². The number of hydrogen-bond acceptors (Lipinski definition) is 4. The maximum Gasteiger partial charge on any atom is 0.123 e. The Kier molecular flexibility index (Phi) is 4.13. The lowest BCUT2D eigenvalue weighted by atomic mass is 10.0. The van der Waals surface area contributed by atoms with Gasteiger partial charge < -0.3 is 10.5 Å². The number of nitrogens with zero attached hydrogens (tertiary/aromatic N) is 1. The second-order valence-corrected chi connectivity index (χ2v) is 6.98. The highest BCUT2D eigenvalue weighted by molar-refractivity contribution is 8.00. The molecule has 1 fully saturated rings. The minimum atomic E-state index is 0.538. The molecule has 24 heavy (non-hydrogen) atoms. The molecule has 0 atom stereocenters. The highest BCUT2D eigenvalue weighted by Gasteiger charge is 2.22. The van der Waals surface area contributed by atoms with Gasteiger partial charge in [0.05, 0.1) is 0 Å². The fourth-order valence-electron chi connectivity index (χ4n) is 2.70. The van der Waals surface area contributed by atoms with E-state index in [4.69, 9.17) is 5.73 Å². The van der Waals surface area contributed by atoms with Crippen molar-refractivity contribution < 1.29 is 0 Å². The van der Waals surface area contributed by atoms with Crippen LogP contribution < -0.4 is 10.5 Å². The van der Waals surface area contributed by atoms with Crippen molar-refractivity contribution in [3.05, 3.63) is 72.4 Å². The van der Waals surface area contributed by atoms with Crippen LogP contribution in [0.5, 0.6) is 0 Å². The van der Waals surface area contributed by atoms with Crippen LogP contribution in [0.4, 0.5) is 11.5 Å². The molecular weight excluding hydrogens is 314 g/mol. The van der Waals surface area contributed by atoms with E-state index < -0.39 is 0 Å². The monoisotopic (exact) mass is 333 g/mol. The number of benzene rings is 2. The minimum Gasteiger partial charge on any atom is -0.384 e. The molecule has 0 aliphatic heterocycles. The molecule has 1 heterocycles. The van der Waals surface area contributed by atoms with Crippen LogP contribution >= 0.6 is 11.9 Å². The molecule has 0 bridgehead atoms. The summed E-state index contributed by atoms with van der Waals surface area (Å²) in [5.41, 5.74) is 10.6. The first-order chi connectivity index (χ1) is 11.8. The fourth-order valence-corrected chi connectivity index (χ4v) is 3.30. The van der Waals surface area contributed by atoms with Crippen LogP contribution in [0, 0.1) is 0 Å². The van der Waals surface area contributed by atoms with Gasteiger partial charge in [-0.05, 0) is 71.7 Å². The standard InChI is InChI=1S/C20H19N3S/c21-20-11-10-19(13-22-20)24-23-18-3-1-2-17(12-18)16-8-6-15(7-9-16)14-4-5-14/h1-3,6-14,23H,4-5H2,(H2,21,22). The van der Waals surface area contributed by atoms with Crippen molar-refractivity contribution in [3.63, 3.8) is 0 Å². The molecular formula is C20H19N3S. The van der Waals surface area contributed by atoms with Crippen molar-refractivity contribution >= 4 is 23.5 Å². The molecule has 3 aromatic rings. The predicted molar refractivity (Wildman–Crippen MR) is 102 cm³/mol. The van der Waals surface area contributed by atoms with E-state index in [0.717, 1.165) is 16.5 Å². The van der Waals surface area contributed by atoms with Crippen molar-refractivity contribution in [2.45, 2.75) is 23.7 Å². The number of aromatic nitrogens is 1. The highest BCUT2D eigenvalue weighted by atomic mass is 32.2. The average Bonchev–Trinajstić information content (AvgIpc) is 3.47. The van der Waals surface area contributed by atoms with Gasteiger partial charge in [0.1, 0.15) is 5.82 Å². The van der Waals surface area contributed by atoms with Gasteiger partial charge in [-0.1, -0.05) is 36.4 Å². The van der Waals surface area contributed by atoms with E-state index in [-0.39, 0.29) is 0 Å². The van der Waals surface area contributed by atoms with Gasteiger partial charge in [0.25, 0.3) is 0 Å². The Hall–Kier alpha value is -2.46. The molecule has 4 heteroatoms. The molecule has 0 amide bonds. The molecule has 1 aliphatic carbocycles. The van der Waals surface area contributed by atoms with Crippen molar-refractivity contribution in [2.75, 3.05) is 10.5 Å². The van der Waals surface area contributed by atoms with Crippen molar-refractivity contribution in [1.29, 1.82) is 0 Å². The quantitative estimate of drug-likeness (QED) is 0.620. The first-order valence-corrected chi connectivity index (χ1v) is 8.94. The fraction of sp³-hybridized carbons (Fsp3) is 0.150. The van der Waals surface area contributed by atoms with E-state index >= 15 is 0 Å². The Morgan fingerprint density at radius 1 is 0.958 bits per heavy atom. The van der Waals surface area contributed by atoms with E-state index in [0.29, 0.717) is 5.82 Å². The SMILES string of the molecule is Nc1ccc(SNc2cccc(-c3ccc(C4CC4)cc3)c2)cn1. The third-order valence-electron chi connectivity index (χ3n) is 4.20. The van der Waals surface area contributed by atoms with Crippen LogP contribution in [-0.4, -0.2) is 4.98 Å². The lowest BCUT2D eigenvalue weighted by Crippen LogP contribution is -1.91.